The molecule has 0 saturated heterocycles. The highest BCUT2D eigenvalue weighted by atomic mass is 35.5. The van der Waals surface area contributed by atoms with Crippen molar-refractivity contribution in [2.45, 2.75) is 13.8 Å². The van der Waals surface area contributed by atoms with Crippen molar-refractivity contribution in [1.82, 2.24) is 0 Å². The summed E-state index contributed by atoms with van der Waals surface area (Å²) in [6.45, 7) is 3.81. The van der Waals surface area contributed by atoms with E-state index in [1.165, 1.54) is 0 Å². The molecular weight excluding hydrogens is 390 g/mol. The molecule has 0 spiro atoms. The number of carbonyl (C=O) groups is 2. The number of ketones is 1. The first-order valence-electron chi connectivity index (χ1n) is 9.10. The number of halogens is 1. The molecule has 3 aromatic rings. The summed E-state index contributed by atoms with van der Waals surface area (Å²) in [4.78, 5) is 24.4. The lowest BCUT2D eigenvalue weighted by Gasteiger charge is -2.13. The van der Waals surface area contributed by atoms with Gasteiger partial charge in [0.1, 0.15) is 0 Å². The molecule has 3 rings (SSSR count). The Morgan fingerprint density at radius 3 is 2.41 bits per heavy atom. The Balaban J connectivity index is 1.82. The van der Waals surface area contributed by atoms with E-state index in [1.54, 1.807) is 55.5 Å². The molecule has 5 nitrogen and oxygen atoms in total. The maximum atomic E-state index is 12.8. The Morgan fingerprint density at radius 1 is 0.966 bits per heavy atom. The summed E-state index contributed by atoms with van der Waals surface area (Å²) in [6.07, 6.45) is -0.779. The zero-order valence-corrected chi connectivity index (χ0v) is 16.8. The number of nitrogens with one attached hydrogen (secondary N) is 1. The highest BCUT2D eigenvalue weighted by Gasteiger charge is 2.16. The number of rotatable bonds is 6. The largest absolute Gasteiger partial charge is 0.513 e. The van der Waals surface area contributed by atoms with E-state index in [1.807, 2.05) is 25.1 Å². The second kappa shape index (κ2) is 9.26. The van der Waals surface area contributed by atoms with Crippen LogP contribution in [0.3, 0.4) is 0 Å². The van der Waals surface area contributed by atoms with Crippen LogP contribution in [0.4, 0.5) is 16.2 Å². The van der Waals surface area contributed by atoms with E-state index in [4.69, 9.17) is 21.1 Å². The summed E-state index contributed by atoms with van der Waals surface area (Å²) >= 11 is 6.39. The molecule has 6 heteroatoms. The SMILES string of the molecule is CCOC(=O)Oc1ccccc1Nc1ccc(C(=O)c2ccccc2C)c(Cl)c1. The van der Waals surface area contributed by atoms with E-state index in [0.29, 0.717) is 33.3 Å². The molecule has 0 saturated carbocycles. The van der Waals surface area contributed by atoms with Gasteiger partial charge in [-0.25, -0.2) is 4.79 Å². The Morgan fingerprint density at radius 2 is 1.69 bits per heavy atom. The van der Waals surface area contributed by atoms with Gasteiger partial charge in [0.05, 0.1) is 17.3 Å². The molecule has 0 aliphatic rings. The zero-order valence-electron chi connectivity index (χ0n) is 16.1. The summed E-state index contributed by atoms with van der Waals surface area (Å²) in [7, 11) is 0. The highest BCUT2D eigenvalue weighted by molar-refractivity contribution is 6.35. The lowest BCUT2D eigenvalue weighted by atomic mass is 9.99. The minimum absolute atomic E-state index is 0.134. The fourth-order valence-corrected chi connectivity index (χ4v) is 3.07. The average molecular weight is 410 g/mol. The lowest BCUT2D eigenvalue weighted by molar-refractivity contribution is 0.103. The fraction of sp³-hybridized carbons (Fsp3) is 0.130. The van der Waals surface area contributed by atoms with Crippen LogP contribution in [0.15, 0.2) is 66.7 Å². The van der Waals surface area contributed by atoms with E-state index in [9.17, 15) is 9.59 Å². The lowest BCUT2D eigenvalue weighted by Crippen LogP contribution is -2.11. The second-order valence-corrected chi connectivity index (χ2v) is 6.65. The van der Waals surface area contributed by atoms with Crippen molar-refractivity contribution in [3.63, 3.8) is 0 Å². The first kappa shape index (κ1) is 20.4. The molecule has 0 aromatic heterocycles. The van der Waals surface area contributed by atoms with Gasteiger partial charge < -0.3 is 14.8 Å². The summed E-state index contributed by atoms with van der Waals surface area (Å²) in [6, 6.07) is 19.4. The molecule has 0 atom stereocenters. The minimum atomic E-state index is -0.779. The fourth-order valence-electron chi connectivity index (χ4n) is 2.80. The molecule has 0 heterocycles. The van der Waals surface area contributed by atoms with E-state index in [-0.39, 0.29) is 12.4 Å². The number of aryl methyl sites for hydroxylation is 1. The van der Waals surface area contributed by atoms with Crippen LogP contribution >= 0.6 is 11.6 Å². The maximum absolute atomic E-state index is 12.8. The first-order valence-corrected chi connectivity index (χ1v) is 9.48. The molecule has 1 N–H and O–H groups in total. The van der Waals surface area contributed by atoms with Crippen LogP contribution in [0, 0.1) is 6.92 Å². The molecule has 0 bridgehead atoms. The van der Waals surface area contributed by atoms with Gasteiger partial charge in [-0.3, -0.25) is 4.79 Å². The van der Waals surface area contributed by atoms with Crippen LogP contribution in [0.1, 0.15) is 28.4 Å². The molecule has 0 unspecified atom stereocenters. The van der Waals surface area contributed by atoms with E-state index >= 15 is 0 Å². The van der Waals surface area contributed by atoms with Crippen molar-refractivity contribution in [3.05, 3.63) is 88.4 Å². The van der Waals surface area contributed by atoms with Gasteiger partial charge in [0, 0.05) is 16.8 Å². The predicted molar refractivity (Wildman–Crippen MR) is 113 cm³/mol. The van der Waals surface area contributed by atoms with Gasteiger partial charge in [0.25, 0.3) is 0 Å². The average Bonchev–Trinajstić information content (AvgIpc) is 2.70. The molecule has 0 amide bonds. The van der Waals surface area contributed by atoms with E-state index < -0.39 is 6.16 Å². The van der Waals surface area contributed by atoms with Gasteiger partial charge in [-0.15, -0.1) is 0 Å². The Hall–Kier alpha value is -3.31. The summed E-state index contributed by atoms with van der Waals surface area (Å²) in [5.74, 6) is 0.188. The highest BCUT2D eigenvalue weighted by Crippen LogP contribution is 2.30. The molecule has 148 valence electrons. The van der Waals surface area contributed by atoms with Crippen molar-refractivity contribution < 1.29 is 19.1 Å². The van der Waals surface area contributed by atoms with Gasteiger partial charge in [-0.2, -0.15) is 0 Å². The quantitative estimate of drug-likeness (QED) is 0.300. The summed E-state index contributed by atoms with van der Waals surface area (Å²) in [5, 5.41) is 3.48. The van der Waals surface area contributed by atoms with Crippen LogP contribution in [-0.4, -0.2) is 18.5 Å². The third-order valence-corrected chi connectivity index (χ3v) is 4.54. The predicted octanol–water partition coefficient (Wildman–Crippen LogP) is 6.16. The maximum Gasteiger partial charge on any atom is 0.513 e. The molecule has 0 fully saturated rings. The van der Waals surface area contributed by atoms with Crippen molar-refractivity contribution in [2.24, 2.45) is 0 Å². The number of ether oxygens (including phenoxy) is 2. The number of carbonyl (C=O) groups excluding carboxylic acids is 2. The summed E-state index contributed by atoms with van der Waals surface area (Å²) < 4.78 is 10.0. The smallest absolute Gasteiger partial charge is 0.434 e. The van der Waals surface area contributed by atoms with Gasteiger partial charge in [0.2, 0.25) is 0 Å². The molecule has 0 radical (unpaired) electrons. The first-order chi connectivity index (χ1) is 14.0. The number of hydrogen-bond acceptors (Lipinski definition) is 5. The molecule has 0 aliphatic heterocycles. The Kier molecular flexibility index (Phi) is 6.52. The normalized spacial score (nSPS) is 10.3. The van der Waals surface area contributed by atoms with Crippen LogP contribution < -0.4 is 10.1 Å². The number of benzene rings is 3. The van der Waals surface area contributed by atoms with Crippen molar-refractivity contribution in [1.29, 1.82) is 0 Å². The third kappa shape index (κ3) is 4.95. The van der Waals surface area contributed by atoms with Crippen molar-refractivity contribution >= 4 is 34.9 Å². The Bertz CT molecular complexity index is 1050. The molecular formula is C23H20ClNO4. The topological polar surface area (TPSA) is 64.6 Å². The number of hydrogen-bond donors (Lipinski definition) is 1. The van der Waals surface area contributed by atoms with Gasteiger partial charge in [-0.1, -0.05) is 48.0 Å². The minimum Gasteiger partial charge on any atom is -0.434 e. The summed E-state index contributed by atoms with van der Waals surface area (Å²) in [5.41, 5.74) is 3.14. The number of para-hydroxylation sites is 2. The second-order valence-electron chi connectivity index (χ2n) is 6.24. The van der Waals surface area contributed by atoms with Gasteiger partial charge in [-0.05, 0) is 49.7 Å². The number of anilines is 2. The monoisotopic (exact) mass is 409 g/mol. The van der Waals surface area contributed by atoms with E-state index in [0.717, 1.165) is 5.56 Å². The Labute approximate surface area is 174 Å². The third-order valence-electron chi connectivity index (χ3n) is 4.22. The van der Waals surface area contributed by atoms with Crippen molar-refractivity contribution in [2.75, 3.05) is 11.9 Å². The molecule has 0 aliphatic carbocycles. The molecule has 3 aromatic carbocycles. The standard InChI is InChI=1S/C23H20ClNO4/c1-3-28-23(27)29-21-11-7-6-10-20(21)25-16-12-13-18(19(24)14-16)22(26)17-9-5-4-8-15(17)2/h4-14,25H,3H2,1-2H3. The molecule has 29 heavy (non-hydrogen) atoms. The van der Waals surface area contributed by atoms with Crippen LogP contribution in [0.25, 0.3) is 0 Å². The van der Waals surface area contributed by atoms with Crippen LogP contribution in [-0.2, 0) is 4.74 Å². The van der Waals surface area contributed by atoms with Crippen LogP contribution in [0.2, 0.25) is 5.02 Å². The van der Waals surface area contributed by atoms with E-state index in [2.05, 4.69) is 5.32 Å². The van der Waals surface area contributed by atoms with Gasteiger partial charge in [0.15, 0.2) is 11.5 Å². The zero-order chi connectivity index (χ0) is 20.8. The van der Waals surface area contributed by atoms with Gasteiger partial charge >= 0.3 is 6.16 Å². The van der Waals surface area contributed by atoms with Crippen molar-refractivity contribution in [3.8, 4) is 5.75 Å². The van der Waals surface area contributed by atoms with Crippen LogP contribution in [0.5, 0.6) is 5.75 Å².